The molecule has 0 atom stereocenters. The van der Waals surface area contributed by atoms with Crippen molar-refractivity contribution < 1.29 is 4.79 Å². The largest absolute Gasteiger partial charge is 0.364 e. The molecule has 0 radical (unpaired) electrons. The fourth-order valence-corrected chi connectivity index (χ4v) is 3.12. The van der Waals surface area contributed by atoms with E-state index in [0.29, 0.717) is 5.69 Å². The van der Waals surface area contributed by atoms with Gasteiger partial charge >= 0.3 is 0 Å². The van der Waals surface area contributed by atoms with Gasteiger partial charge in [0.25, 0.3) is 5.91 Å². The molecule has 1 aromatic carbocycles. The highest BCUT2D eigenvalue weighted by Crippen LogP contribution is 2.34. The summed E-state index contributed by atoms with van der Waals surface area (Å²) in [4.78, 5) is 12.5. The van der Waals surface area contributed by atoms with Gasteiger partial charge in [0.1, 0.15) is 5.69 Å². The number of thioether (sulfide) groups is 1. The molecule has 0 bridgehead atoms. The maximum Gasteiger partial charge on any atom is 0.265 e. The Hall–Kier alpha value is -1.42. The van der Waals surface area contributed by atoms with Gasteiger partial charge in [-0.05, 0) is 12.1 Å². The van der Waals surface area contributed by atoms with Crippen molar-refractivity contribution in [2.45, 2.75) is 11.4 Å². The molecule has 3 rings (SSSR count). The van der Waals surface area contributed by atoms with Crippen molar-refractivity contribution in [3.8, 4) is 0 Å². The van der Waals surface area contributed by atoms with Crippen molar-refractivity contribution in [3.63, 3.8) is 0 Å². The Labute approximate surface area is 91.2 Å². The minimum absolute atomic E-state index is 0.343. The van der Waals surface area contributed by atoms with Crippen LogP contribution in [-0.4, -0.2) is 16.2 Å². The van der Waals surface area contributed by atoms with Crippen molar-refractivity contribution in [2.24, 2.45) is 5.73 Å². The molecule has 0 saturated heterocycles. The van der Waals surface area contributed by atoms with E-state index in [0.717, 1.165) is 23.2 Å². The minimum atomic E-state index is -0.343. The van der Waals surface area contributed by atoms with Crippen molar-refractivity contribution in [1.29, 1.82) is 0 Å². The van der Waals surface area contributed by atoms with E-state index in [1.807, 2.05) is 34.5 Å². The Balaban J connectivity index is 2.43. The van der Waals surface area contributed by atoms with Gasteiger partial charge in [0.2, 0.25) is 0 Å². The third-order valence-electron chi connectivity index (χ3n) is 2.71. The van der Waals surface area contributed by atoms with E-state index in [-0.39, 0.29) is 5.91 Å². The fourth-order valence-electron chi connectivity index (χ4n) is 2.09. The second-order valence-electron chi connectivity index (χ2n) is 3.59. The molecular weight excluding hydrogens is 208 g/mol. The molecule has 2 aromatic rings. The average Bonchev–Trinajstić information content (AvgIpc) is 2.61. The number of nitrogens with zero attached hydrogens (tertiary/aromatic N) is 1. The number of carbonyl (C=O) groups is 1. The summed E-state index contributed by atoms with van der Waals surface area (Å²) in [5.41, 5.74) is 7.14. The molecule has 0 spiro atoms. The second-order valence-corrected chi connectivity index (χ2v) is 4.72. The van der Waals surface area contributed by atoms with Crippen LogP contribution in [0.3, 0.4) is 0 Å². The molecule has 15 heavy (non-hydrogen) atoms. The smallest absolute Gasteiger partial charge is 0.265 e. The number of rotatable bonds is 1. The lowest BCUT2D eigenvalue weighted by atomic mass is 10.2. The van der Waals surface area contributed by atoms with E-state index >= 15 is 0 Å². The number of amides is 1. The number of hydrogen-bond acceptors (Lipinski definition) is 2. The molecule has 0 fully saturated rings. The maximum atomic E-state index is 11.3. The molecule has 4 heteroatoms. The maximum absolute atomic E-state index is 11.3. The monoisotopic (exact) mass is 218 g/mol. The van der Waals surface area contributed by atoms with Gasteiger partial charge in [0.15, 0.2) is 0 Å². The SMILES string of the molecule is NC(=O)c1cc2cccc3c2n1CCS3. The molecule has 1 aliphatic rings. The predicted molar refractivity (Wildman–Crippen MR) is 61.2 cm³/mol. The summed E-state index contributed by atoms with van der Waals surface area (Å²) in [5.74, 6) is 0.658. The summed E-state index contributed by atoms with van der Waals surface area (Å²) in [6.45, 7) is 0.865. The Morgan fingerprint density at radius 2 is 2.33 bits per heavy atom. The first-order chi connectivity index (χ1) is 7.27. The highest BCUT2D eigenvalue weighted by Gasteiger charge is 2.18. The number of hydrogen-bond donors (Lipinski definition) is 1. The topological polar surface area (TPSA) is 48.0 Å². The van der Waals surface area contributed by atoms with Crippen LogP contribution >= 0.6 is 11.8 Å². The average molecular weight is 218 g/mol. The lowest BCUT2D eigenvalue weighted by molar-refractivity contribution is 0.0992. The lowest BCUT2D eigenvalue weighted by Gasteiger charge is -2.16. The van der Waals surface area contributed by atoms with Crippen LogP contribution in [0.2, 0.25) is 0 Å². The highest BCUT2D eigenvalue weighted by atomic mass is 32.2. The van der Waals surface area contributed by atoms with Crippen molar-refractivity contribution >= 4 is 28.6 Å². The molecule has 2 N–H and O–H groups in total. The third kappa shape index (κ3) is 1.18. The highest BCUT2D eigenvalue weighted by molar-refractivity contribution is 7.99. The molecule has 1 aliphatic heterocycles. The van der Waals surface area contributed by atoms with Gasteiger partial charge in [0.05, 0.1) is 5.52 Å². The van der Waals surface area contributed by atoms with Gasteiger partial charge in [-0.3, -0.25) is 4.79 Å². The van der Waals surface area contributed by atoms with Gasteiger partial charge in [-0.25, -0.2) is 0 Å². The van der Waals surface area contributed by atoms with E-state index in [9.17, 15) is 4.79 Å². The zero-order valence-electron chi connectivity index (χ0n) is 8.06. The van der Waals surface area contributed by atoms with Crippen LogP contribution in [0.4, 0.5) is 0 Å². The molecule has 1 aromatic heterocycles. The zero-order valence-corrected chi connectivity index (χ0v) is 8.88. The van der Waals surface area contributed by atoms with Crippen LogP contribution in [-0.2, 0) is 6.54 Å². The standard InChI is InChI=1S/C11H10N2OS/c12-11(14)8-6-7-2-1-3-9-10(7)13(8)4-5-15-9/h1-3,6H,4-5H2,(H2,12,14). The number of nitrogens with two attached hydrogens (primary N) is 1. The Morgan fingerprint density at radius 3 is 3.13 bits per heavy atom. The van der Waals surface area contributed by atoms with Crippen LogP contribution in [0.1, 0.15) is 10.5 Å². The first-order valence-corrected chi connectivity index (χ1v) is 5.81. The number of carbonyl (C=O) groups excluding carboxylic acids is 1. The lowest BCUT2D eigenvalue weighted by Crippen LogP contribution is -2.18. The zero-order chi connectivity index (χ0) is 10.4. The Kier molecular flexibility index (Phi) is 1.79. The fraction of sp³-hybridized carbons (Fsp3) is 0.182. The molecule has 3 nitrogen and oxygen atoms in total. The molecule has 76 valence electrons. The van der Waals surface area contributed by atoms with E-state index in [1.54, 1.807) is 0 Å². The molecular formula is C11H10N2OS. The third-order valence-corrected chi connectivity index (χ3v) is 3.74. The minimum Gasteiger partial charge on any atom is -0.364 e. The van der Waals surface area contributed by atoms with Gasteiger partial charge in [0, 0.05) is 22.6 Å². The summed E-state index contributed by atoms with van der Waals surface area (Å²) in [5, 5.41) is 1.11. The Bertz CT molecular complexity index is 559. The van der Waals surface area contributed by atoms with Crippen LogP contribution in [0.25, 0.3) is 10.9 Å². The van der Waals surface area contributed by atoms with Crippen LogP contribution < -0.4 is 5.73 Å². The number of aryl methyl sites for hydroxylation is 1. The van der Waals surface area contributed by atoms with Crippen LogP contribution in [0.15, 0.2) is 29.2 Å². The molecule has 0 saturated carbocycles. The summed E-state index contributed by atoms with van der Waals surface area (Å²) in [6.07, 6.45) is 0. The van der Waals surface area contributed by atoms with Crippen molar-refractivity contribution in [3.05, 3.63) is 30.0 Å². The van der Waals surface area contributed by atoms with Gasteiger partial charge in [-0.1, -0.05) is 12.1 Å². The quantitative estimate of drug-likeness (QED) is 0.794. The van der Waals surface area contributed by atoms with E-state index < -0.39 is 0 Å². The Morgan fingerprint density at radius 1 is 1.47 bits per heavy atom. The van der Waals surface area contributed by atoms with Crippen LogP contribution in [0.5, 0.6) is 0 Å². The van der Waals surface area contributed by atoms with E-state index in [4.69, 9.17) is 5.73 Å². The van der Waals surface area contributed by atoms with E-state index in [1.165, 1.54) is 4.90 Å². The summed E-state index contributed by atoms with van der Waals surface area (Å²) in [6, 6.07) is 8.01. The number of benzene rings is 1. The van der Waals surface area contributed by atoms with Crippen molar-refractivity contribution in [1.82, 2.24) is 4.57 Å². The molecule has 0 aliphatic carbocycles. The molecule has 1 amide bonds. The first-order valence-electron chi connectivity index (χ1n) is 4.82. The van der Waals surface area contributed by atoms with Crippen LogP contribution in [0, 0.1) is 0 Å². The molecule has 2 heterocycles. The van der Waals surface area contributed by atoms with Gasteiger partial charge in [-0.2, -0.15) is 0 Å². The first kappa shape index (κ1) is 8.85. The van der Waals surface area contributed by atoms with E-state index in [2.05, 4.69) is 6.07 Å². The second kappa shape index (κ2) is 3.03. The predicted octanol–water partition coefficient (Wildman–Crippen LogP) is 1.85. The van der Waals surface area contributed by atoms with Gasteiger partial charge in [-0.15, -0.1) is 11.8 Å². The number of para-hydroxylation sites is 1. The summed E-state index contributed by atoms with van der Waals surface area (Å²) >= 11 is 1.83. The van der Waals surface area contributed by atoms with Crippen molar-refractivity contribution in [2.75, 3.05) is 5.75 Å². The van der Waals surface area contributed by atoms with Gasteiger partial charge < -0.3 is 10.3 Å². The number of aromatic nitrogens is 1. The summed E-state index contributed by atoms with van der Waals surface area (Å²) in [7, 11) is 0. The number of primary amides is 1. The normalized spacial score (nSPS) is 14.4. The summed E-state index contributed by atoms with van der Waals surface area (Å²) < 4.78 is 2.03. The molecule has 0 unspecified atom stereocenters.